The Bertz CT molecular complexity index is 574. The molecule has 0 aromatic heterocycles. The fourth-order valence-corrected chi connectivity index (χ4v) is 5.30. The van der Waals surface area contributed by atoms with Gasteiger partial charge in [-0.2, -0.15) is 0 Å². The van der Waals surface area contributed by atoms with E-state index >= 15 is 0 Å². The van der Waals surface area contributed by atoms with Crippen molar-refractivity contribution >= 4 is 13.8 Å². The van der Waals surface area contributed by atoms with Crippen molar-refractivity contribution in [1.82, 2.24) is 0 Å². The van der Waals surface area contributed by atoms with Crippen molar-refractivity contribution in [3.8, 4) is 0 Å². The molecule has 0 heterocycles. The Morgan fingerprint density at radius 2 is 0.854 bits per heavy atom. The number of hydrogen-bond acceptors (Lipinski definition) is 4. The molecule has 0 rings (SSSR count). The van der Waals surface area contributed by atoms with Crippen molar-refractivity contribution in [1.29, 1.82) is 0 Å². The fraction of sp³-hybridized carbons (Fsp3) is 0.912. The van der Waals surface area contributed by atoms with Crippen molar-refractivity contribution in [3.05, 3.63) is 12.2 Å². The van der Waals surface area contributed by atoms with Crippen LogP contribution in [-0.4, -0.2) is 29.2 Å². The first kappa shape index (κ1) is 42.5. The molecule has 0 atom stereocenters. The number of carboxylic acid groups (broad SMARTS) is 1. The minimum absolute atomic E-state index is 0.316. The lowest BCUT2D eigenvalue weighted by Gasteiger charge is -2.12. The summed E-state index contributed by atoms with van der Waals surface area (Å²) in [4.78, 5) is 19.8. The molecular formula is C34H69O6P. The van der Waals surface area contributed by atoms with Crippen LogP contribution in [0.15, 0.2) is 12.2 Å². The minimum atomic E-state index is -3.82. The van der Waals surface area contributed by atoms with Gasteiger partial charge in [-0.1, -0.05) is 148 Å². The maximum atomic E-state index is 11.6. The highest BCUT2D eigenvalue weighted by Crippen LogP contribution is 2.43. The van der Waals surface area contributed by atoms with Crippen LogP contribution in [0.3, 0.4) is 0 Å². The van der Waals surface area contributed by atoms with Gasteiger partial charge in [-0.15, -0.1) is 0 Å². The number of hydrogen-bond donors (Lipinski definition) is 2. The lowest BCUT2D eigenvalue weighted by Crippen LogP contribution is -1.99. The number of unbranched alkanes of at least 4 members (excludes halogenated alkanes) is 21. The molecule has 0 saturated heterocycles. The molecule has 0 spiro atoms. The van der Waals surface area contributed by atoms with Gasteiger partial charge in [-0.25, -0.2) is 4.57 Å². The second kappa shape index (κ2) is 35.5. The zero-order valence-corrected chi connectivity index (χ0v) is 28.3. The molecule has 41 heavy (non-hydrogen) atoms. The van der Waals surface area contributed by atoms with E-state index in [2.05, 4.69) is 32.9 Å². The van der Waals surface area contributed by atoms with Gasteiger partial charge in [0.15, 0.2) is 0 Å². The molecule has 0 fully saturated rings. The molecule has 7 heteroatoms. The number of aliphatic carboxylic acids is 1. The van der Waals surface area contributed by atoms with E-state index in [9.17, 15) is 14.3 Å². The fourth-order valence-electron chi connectivity index (χ4n) is 4.51. The van der Waals surface area contributed by atoms with Crippen LogP contribution in [-0.2, 0) is 18.4 Å². The van der Waals surface area contributed by atoms with Crippen LogP contribution in [0.5, 0.6) is 0 Å². The van der Waals surface area contributed by atoms with Gasteiger partial charge in [-0.3, -0.25) is 13.8 Å². The highest BCUT2D eigenvalue weighted by atomic mass is 31.2. The third kappa shape index (κ3) is 41.5. The first-order valence-electron chi connectivity index (χ1n) is 17.4. The van der Waals surface area contributed by atoms with Crippen LogP contribution in [0.1, 0.15) is 188 Å². The Hall–Kier alpha value is -0.680. The Morgan fingerprint density at radius 1 is 0.537 bits per heavy atom. The van der Waals surface area contributed by atoms with E-state index in [-0.39, 0.29) is 0 Å². The van der Waals surface area contributed by atoms with Gasteiger partial charge >= 0.3 is 13.8 Å². The second-order valence-corrected chi connectivity index (χ2v) is 12.9. The van der Waals surface area contributed by atoms with Gasteiger partial charge in [0.1, 0.15) is 0 Å². The maximum Gasteiger partial charge on any atom is 0.472 e. The molecule has 0 radical (unpaired) electrons. The summed E-state index contributed by atoms with van der Waals surface area (Å²) in [7, 11) is -3.82. The van der Waals surface area contributed by atoms with E-state index in [1.54, 1.807) is 0 Å². The van der Waals surface area contributed by atoms with Gasteiger partial charge in [0, 0.05) is 6.42 Å². The average Bonchev–Trinajstić information content (AvgIpc) is 2.94. The van der Waals surface area contributed by atoms with Crippen LogP contribution in [0.25, 0.3) is 0 Å². The quantitative estimate of drug-likeness (QED) is 0.0464. The molecule has 0 aromatic rings. The summed E-state index contributed by atoms with van der Waals surface area (Å²) in [6, 6.07) is 0. The van der Waals surface area contributed by atoms with E-state index in [0.717, 1.165) is 38.5 Å². The van der Waals surface area contributed by atoms with E-state index < -0.39 is 13.8 Å². The van der Waals surface area contributed by atoms with Crippen molar-refractivity contribution in [2.75, 3.05) is 13.2 Å². The number of carboxylic acids is 1. The summed E-state index contributed by atoms with van der Waals surface area (Å²) in [5.74, 6) is -0.664. The minimum Gasteiger partial charge on any atom is -0.481 e. The Kier molecular flexibility index (Phi) is 36.8. The van der Waals surface area contributed by atoms with Gasteiger partial charge in [0.25, 0.3) is 0 Å². The second-order valence-electron chi connectivity index (χ2n) is 11.4. The molecule has 0 amide bonds. The van der Waals surface area contributed by atoms with Gasteiger partial charge in [0.05, 0.1) is 13.2 Å². The predicted octanol–water partition coefficient (Wildman–Crippen LogP) is 11.9. The topological polar surface area (TPSA) is 93.1 Å². The number of rotatable bonds is 31. The Morgan fingerprint density at radius 3 is 1.22 bits per heavy atom. The zero-order chi connectivity index (χ0) is 30.7. The van der Waals surface area contributed by atoms with Crippen LogP contribution >= 0.6 is 7.82 Å². The molecule has 0 bridgehead atoms. The highest BCUT2D eigenvalue weighted by Gasteiger charge is 2.19. The Labute approximate surface area is 255 Å². The van der Waals surface area contributed by atoms with Crippen LogP contribution in [0, 0.1) is 0 Å². The molecule has 0 aromatic carbocycles. The van der Waals surface area contributed by atoms with Gasteiger partial charge in [0.2, 0.25) is 0 Å². The van der Waals surface area contributed by atoms with Crippen LogP contribution in [0.2, 0.25) is 0 Å². The first-order valence-corrected chi connectivity index (χ1v) is 18.9. The largest absolute Gasteiger partial charge is 0.481 e. The van der Waals surface area contributed by atoms with Crippen molar-refractivity contribution in [2.45, 2.75) is 188 Å². The number of phosphoric ester groups is 1. The highest BCUT2D eigenvalue weighted by molar-refractivity contribution is 7.47. The van der Waals surface area contributed by atoms with E-state index in [1.807, 2.05) is 0 Å². The summed E-state index contributed by atoms with van der Waals surface area (Å²) in [5, 5.41) is 8.51. The number of carbonyl (C=O) groups is 1. The smallest absolute Gasteiger partial charge is 0.472 e. The number of allylic oxidation sites excluding steroid dienone is 2. The molecule has 2 N–H and O–H groups in total. The summed E-state index contributed by atoms with van der Waals surface area (Å²) >= 11 is 0. The lowest BCUT2D eigenvalue weighted by molar-refractivity contribution is -0.137. The van der Waals surface area contributed by atoms with Gasteiger partial charge in [-0.05, 0) is 44.9 Å². The predicted molar refractivity (Wildman–Crippen MR) is 176 cm³/mol. The maximum absolute atomic E-state index is 11.6. The lowest BCUT2D eigenvalue weighted by atomic mass is 10.1. The Balaban J connectivity index is 0. The third-order valence-corrected chi connectivity index (χ3v) is 8.17. The van der Waals surface area contributed by atoms with Crippen molar-refractivity contribution in [3.63, 3.8) is 0 Å². The monoisotopic (exact) mass is 604 g/mol. The summed E-state index contributed by atoms with van der Waals surface area (Å²) < 4.78 is 21.5. The van der Waals surface area contributed by atoms with Crippen LogP contribution < -0.4 is 0 Å². The van der Waals surface area contributed by atoms with E-state index in [1.165, 1.54) is 122 Å². The summed E-state index contributed by atoms with van der Waals surface area (Å²) in [6.07, 6.45) is 34.8. The standard InChI is InChI=1S/C18H34O2.C16H35O4P/c1-2-3-4-5-6-7-8-9-10-11-12-13-14-15-16-17-18(19)20;1-3-5-7-9-11-13-15-19-21(17,18)20-16-14-12-10-8-6-4-2/h9-10H,2-8,11-17H2,1H3,(H,19,20);3-16H2,1-2H3,(H,17,18)/b10-9-;. The third-order valence-electron chi connectivity index (χ3n) is 7.16. The van der Waals surface area contributed by atoms with Crippen molar-refractivity contribution < 1.29 is 28.4 Å². The molecule has 0 saturated carbocycles. The summed E-state index contributed by atoms with van der Waals surface area (Å²) in [6.45, 7) is 7.26. The van der Waals surface area contributed by atoms with E-state index in [0.29, 0.717) is 19.6 Å². The van der Waals surface area contributed by atoms with Crippen molar-refractivity contribution in [2.24, 2.45) is 0 Å². The van der Waals surface area contributed by atoms with Gasteiger partial charge < -0.3 is 10.00 Å². The molecule has 0 unspecified atom stereocenters. The molecule has 246 valence electrons. The molecular weight excluding hydrogens is 535 g/mol. The van der Waals surface area contributed by atoms with Crippen LogP contribution in [0.4, 0.5) is 0 Å². The molecule has 6 nitrogen and oxygen atoms in total. The normalized spacial score (nSPS) is 11.6. The SMILES string of the molecule is CCCCCCCC/C=C\CCCCCCCC(=O)O.CCCCCCCCOP(=O)(O)OCCCCCCCC. The molecule has 0 aliphatic carbocycles. The molecule has 0 aliphatic rings. The number of phosphoric acid groups is 1. The van der Waals surface area contributed by atoms with E-state index in [4.69, 9.17) is 14.2 Å². The average molecular weight is 605 g/mol. The summed E-state index contributed by atoms with van der Waals surface area (Å²) in [5.41, 5.74) is 0. The zero-order valence-electron chi connectivity index (χ0n) is 27.4. The molecule has 0 aliphatic heterocycles. The first-order chi connectivity index (χ1) is 19.9.